The number of ether oxygens (including phenoxy) is 3. The molecule has 7 nitrogen and oxygen atoms in total. The van der Waals surface area contributed by atoms with Gasteiger partial charge in [0.25, 0.3) is 0 Å². The van der Waals surface area contributed by atoms with Gasteiger partial charge < -0.3 is 24.8 Å². The normalized spacial score (nSPS) is 21.0. The van der Waals surface area contributed by atoms with Gasteiger partial charge in [-0.25, -0.2) is 0 Å². The van der Waals surface area contributed by atoms with Crippen molar-refractivity contribution >= 4 is 5.96 Å². The van der Waals surface area contributed by atoms with Gasteiger partial charge in [-0.3, -0.25) is 9.89 Å². The molecule has 0 aliphatic carbocycles. The Labute approximate surface area is 158 Å². The molecule has 2 N–H and O–H groups in total. The number of nitrogens with zero attached hydrogens (tertiary/aromatic N) is 2. The van der Waals surface area contributed by atoms with E-state index in [-0.39, 0.29) is 5.54 Å². The molecule has 0 aromatic heterocycles. The fourth-order valence-corrected chi connectivity index (χ4v) is 3.35. The van der Waals surface area contributed by atoms with Crippen molar-refractivity contribution in [3.8, 4) is 0 Å². The predicted octanol–water partition coefficient (Wildman–Crippen LogP) is 1.10. The summed E-state index contributed by atoms with van der Waals surface area (Å²) >= 11 is 0. The van der Waals surface area contributed by atoms with E-state index in [1.807, 2.05) is 7.05 Å². The maximum Gasteiger partial charge on any atom is 0.191 e. The average Bonchev–Trinajstić information content (AvgIpc) is 2.68. The van der Waals surface area contributed by atoms with E-state index in [1.165, 1.54) is 0 Å². The summed E-state index contributed by atoms with van der Waals surface area (Å²) in [4.78, 5) is 6.80. The highest BCUT2D eigenvalue weighted by atomic mass is 16.5. The zero-order valence-corrected chi connectivity index (χ0v) is 16.9. The van der Waals surface area contributed by atoms with Crippen molar-refractivity contribution < 1.29 is 14.2 Å². The first-order chi connectivity index (χ1) is 12.6. The molecule has 0 atom stereocenters. The van der Waals surface area contributed by atoms with Crippen LogP contribution in [-0.2, 0) is 14.2 Å². The summed E-state index contributed by atoms with van der Waals surface area (Å²) in [6.07, 6.45) is 3.25. The smallest absolute Gasteiger partial charge is 0.191 e. The predicted molar refractivity (Wildman–Crippen MR) is 105 cm³/mol. The van der Waals surface area contributed by atoms with Crippen LogP contribution in [0.5, 0.6) is 0 Å². The molecular formula is C19H38N4O3. The molecule has 0 saturated carbocycles. The lowest BCUT2D eigenvalue weighted by Crippen LogP contribution is -2.56. The summed E-state index contributed by atoms with van der Waals surface area (Å²) in [5, 5.41) is 6.83. The second-order valence-corrected chi connectivity index (χ2v) is 7.75. The fourth-order valence-electron chi connectivity index (χ4n) is 3.35. The molecule has 2 aliphatic heterocycles. The van der Waals surface area contributed by atoms with Gasteiger partial charge in [-0.2, -0.15) is 0 Å². The first-order valence-corrected chi connectivity index (χ1v) is 10.0. The molecule has 2 fully saturated rings. The van der Waals surface area contributed by atoms with E-state index in [0.29, 0.717) is 5.92 Å². The molecule has 0 radical (unpaired) electrons. The van der Waals surface area contributed by atoms with Crippen molar-refractivity contribution in [2.24, 2.45) is 10.9 Å². The van der Waals surface area contributed by atoms with Crippen LogP contribution < -0.4 is 10.6 Å². The van der Waals surface area contributed by atoms with Crippen LogP contribution in [0.3, 0.4) is 0 Å². The molecule has 0 aromatic carbocycles. The summed E-state index contributed by atoms with van der Waals surface area (Å²) in [5.74, 6) is 1.53. The number of guanidine groups is 1. The van der Waals surface area contributed by atoms with Crippen LogP contribution in [0.15, 0.2) is 4.99 Å². The number of hydrogen-bond acceptors (Lipinski definition) is 5. The monoisotopic (exact) mass is 370 g/mol. The lowest BCUT2D eigenvalue weighted by Gasteiger charge is -2.41. The van der Waals surface area contributed by atoms with E-state index in [9.17, 15) is 0 Å². The molecule has 2 rings (SSSR count). The number of aliphatic imine (C=N–C) groups is 1. The van der Waals surface area contributed by atoms with Gasteiger partial charge in [0.1, 0.15) is 0 Å². The molecule has 152 valence electrons. The van der Waals surface area contributed by atoms with Crippen LogP contribution in [0.1, 0.15) is 33.1 Å². The largest absolute Gasteiger partial charge is 0.381 e. The highest BCUT2D eigenvalue weighted by Gasteiger charge is 2.28. The molecular weight excluding hydrogens is 332 g/mol. The van der Waals surface area contributed by atoms with Gasteiger partial charge >= 0.3 is 0 Å². The van der Waals surface area contributed by atoms with Gasteiger partial charge in [0, 0.05) is 65.2 Å². The zero-order valence-electron chi connectivity index (χ0n) is 16.9. The van der Waals surface area contributed by atoms with Crippen molar-refractivity contribution in [3.05, 3.63) is 0 Å². The lowest BCUT2D eigenvalue weighted by molar-refractivity contribution is -0.00834. The Morgan fingerprint density at radius 2 is 1.81 bits per heavy atom. The fraction of sp³-hybridized carbons (Fsp3) is 0.947. The molecule has 26 heavy (non-hydrogen) atoms. The van der Waals surface area contributed by atoms with Crippen LogP contribution in [-0.4, -0.2) is 89.3 Å². The molecule has 2 aliphatic rings. The Bertz CT molecular complexity index is 406. The first kappa shape index (κ1) is 21.4. The third-order valence-electron chi connectivity index (χ3n) is 5.23. The Hall–Kier alpha value is -0.890. The van der Waals surface area contributed by atoms with E-state index in [2.05, 4.69) is 34.4 Å². The van der Waals surface area contributed by atoms with E-state index >= 15 is 0 Å². The number of rotatable bonds is 9. The molecule has 0 bridgehead atoms. The Balaban J connectivity index is 1.54. The van der Waals surface area contributed by atoms with Crippen LogP contribution in [0.2, 0.25) is 0 Å². The summed E-state index contributed by atoms with van der Waals surface area (Å²) < 4.78 is 16.6. The van der Waals surface area contributed by atoms with Crippen molar-refractivity contribution in [3.63, 3.8) is 0 Å². The summed E-state index contributed by atoms with van der Waals surface area (Å²) in [7, 11) is 1.82. The Morgan fingerprint density at radius 3 is 2.50 bits per heavy atom. The van der Waals surface area contributed by atoms with Gasteiger partial charge in [0.05, 0.1) is 13.2 Å². The van der Waals surface area contributed by atoms with Gasteiger partial charge in [0.15, 0.2) is 5.96 Å². The van der Waals surface area contributed by atoms with E-state index in [0.717, 1.165) is 91.0 Å². The molecule has 0 aromatic rings. The SMILES string of the molecule is CN=C(NCCCOCC1CCOCC1)NCC(C)(C)N1CCOCC1. The molecule has 0 spiro atoms. The van der Waals surface area contributed by atoms with Crippen LogP contribution in [0.4, 0.5) is 0 Å². The first-order valence-electron chi connectivity index (χ1n) is 10.0. The van der Waals surface area contributed by atoms with Gasteiger partial charge in [-0.1, -0.05) is 0 Å². The van der Waals surface area contributed by atoms with E-state index < -0.39 is 0 Å². The van der Waals surface area contributed by atoms with Crippen molar-refractivity contribution in [1.29, 1.82) is 0 Å². The van der Waals surface area contributed by atoms with Crippen LogP contribution in [0, 0.1) is 5.92 Å². The highest BCUT2D eigenvalue weighted by Crippen LogP contribution is 2.15. The number of morpholine rings is 1. The van der Waals surface area contributed by atoms with Crippen LogP contribution >= 0.6 is 0 Å². The zero-order chi connectivity index (χ0) is 18.7. The third kappa shape index (κ3) is 7.78. The van der Waals surface area contributed by atoms with Gasteiger partial charge in [0.2, 0.25) is 0 Å². The summed E-state index contributed by atoms with van der Waals surface area (Å²) in [6.45, 7) is 13.3. The van der Waals surface area contributed by atoms with Crippen LogP contribution in [0.25, 0.3) is 0 Å². The maximum atomic E-state index is 5.81. The minimum absolute atomic E-state index is 0.0776. The van der Waals surface area contributed by atoms with E-state index in [1.54, 1.807) is 0 Å². The highest BCUT2D eigenvalue weighted by molar-refractivity contribution is 5.79. The van der Waals surface area contributed by atoms with E-state index in [4.69, 9.17) is 14.2 Å². The van der Waals surface area contributed by atoms with Gasteiger partial charge in [-0.15, -0.1) is 0 Å². The Morgan fingerprint density at radius 1 is 1.12 bits per heavy atom. The second-order valence-electron chi connectivity index (χ2n) is 7.75. The number of nitrogens with one attached hydrogen (secondary N) is 2. The number of hydrogen-bond donors (Lipinski definition) is 2. The Kier molecular flexibility index (Phi) is 9.67. The molecule has 2 heterocycles. The summed E-state index contributed by atoms with van der Waals surface area (Å²) in [5.41, 5.74) is 0.0776. The summed E-state index contributed by atoms with van der Waals surface area (Å²) in [6, 6.07) is 0. The average molecular weight is 371 g/mol. The van der Waals surface area contributed by atoms with Crippen molar-refractivity contribution in [2.45, 2.75) is 38.6 Å². The third-order valence-corrected chi connectivity index (χ3v) is 5.23. The minimum atomic E-state index is 0.0776. The molecule has 7 heteroatoms. The molecule has 0 amide bonds. The van der Waals surface area contributed by atoms with Crippen molar-refractivity contribution in [1.82, 2.24) is 15.5 Å². The molecule has 0 unspecified atom stereocenters. The van der Waals surface area contributed by atoms with Gasteiger partial charge in [-0.05, 0) is 39.0 Å². The topological polar surface area (TPSA) is 67.4 Å². The van der Waals surface area contributed by atoms with Crippen molar-refractivity contribution in [2.75, 3.05) is 72.9 Å². The quantitative estimate of drug-likeness (QED) is 0.360. The standard InChI is InChI=1S/C19H38N4O3/c1-19(2,23-8-13-25-14-9-23)16-22-18(20-3)21-7-4-10-26-15-17-5-11-24-12-6-17/h17H,4-16H2,1-3H3,(H2,20,21,22). The lowest BCUT2D eigenvalue weighted by atomic mass is 10.0. The maximum absolute atomic E-state index is 5.81. The molecule has 2 saturated heterocycles. The minimum Gasteiger partial charge on any atom is -0.381 e. The second kappa shape index (κ2) is 11.7.